The van der Waals surface area contributed by atoms with Crippen molar-refractivity contribution >= 4 is 64.6 Å². The fraction of sp³-hybridized carbons (Fsp3) is 0.522. The minimum Gasteiger partial charge on any atom is -0.395 e. The number of pyridine rings is 6. The standard InChI is InChI=1S/C20H28N2O2.3C19H26N2O2.2C18H24N2O2/c1-4-16-10-14(3)19(12-23)22(16)9-8-15-11-18-13(2)6-5-7-17(18)20(24)21-15;2*1-12-5-4-6-17-18(12)10-15(20-19(17)23)7-8-21-14(3)13(2)9-16(21)11-22;1-12-5-4-6-16-17(12)10-15(20-19(16)23)7-8-21-14(3)9-13(2)18(21)11-22;2*1-12-8-15(11-21)20(10-12)7-6-14-9-17-13(2)4-3-5-16(17)18(22)19-14/h5-7,11,14,16,19,23H,4,8-10,12H2,1-3H3,(H,21,24);2*4-6,10,13-14,16,22H,7-9,11H2,1-3H3,(H,20,23);4-6,10,13-14,18,22H,7-9,11H2,1-3H3,(H,20,23);2*3-5,9,12,15,21H,6-8,10-11H2,1-2H3,(H,19,22)/t;2*13-,14-,16+;;2*12-,15+/m.10.10/s1. The van der Waals surface area contributed by atoms with Crippen LogP contribution in [-0.2, 0) is 38.5 Å². The Bertz CT molecular complexity index is 6070. The first kappa shape index (κ1) is 104. The van der Waals surface area contributed by atoms with Crippen molar-refractivity contribution in [3.8, 4) is 0 Å². The predicted octanol–water partition coefficient (Wildman–Crippen LogP) is 14.4. The third-order valence-corrected chi connectivity index (χ3v) is 31.5. The van der Waals surface area contributed by atoms with E-state index < -0.39 is 0 Å². The second-order valence-corrected chi connectivity index (χ2v) is 41.2. The number of nitrogens with zero attached hydrogens (tertiary/aromatic N) is 6. The summed E-state index contributed by atoms with van der Waals surface area (Å²) in [6, 6.07) is 51.1. The molecular weight excluding hydrogens is 1720 g/mol. The van der Waals surface area contributed by atoms with Crippen molar-refractivity contribution in [2.75, 3.05) is 92.0 Å². The van der Waals surface area contributed by atoms with Gasteiger partial charge in [0.05, 0.1) is 39.6 Å². The Hall–Kier alpha value is -9.90. The molecule has 16 atom stereocenters. The molecule has 6 aromatic carbocycles. The zero-order valence-electron chi connectivity index (χ0n) is 84.0. The van der Waals surface area contributed by atoms with Crippen molar-refractivity contribution < 1.29 is 30.6 Å². The lowest BCUT2D eigenvalue weighted by atomic mass is 10.0. The van der Waals surface area contributed by atoms with Crippen LogP contribution in [0.2, 0.25) is 0 Å². The highest BCUT2D eigenvalue weighted by molar-refractivity contribution is 5.89. The van der Waals surface area contributed by atoms with Gasteiger partial charge in [-0.05, 0) is 281 Å². The third-order valence-electron chi connectivity index (χ3n) is 31.5. The highest BCUT2D eigenvalue weighted by atomic mass is 16.3. The van der Waals surface area contributed by atoms with E-state index in [1.165, 1.54) is 0 Å². The molecule has 6 aromatic heterocycles. The maximum absolute atomic E-state index is 12.3. The smallest absolute Gasteiger partial charge is 0.256 e. The second-order valence-electron chi connectivity index (χ2n) is 41.2. The van der Waals surface area contributed by atoms with Crippen LogP contribution in [0.4, 0.5) is 0 Å². The van der Waals surface area contributed by atoms with E-state index in [2.05, 4.69) is 165 Å². The lowest BCUT2D eigenvalue weighted by Gasteiger charge is -2.29. The first-order valence-electron chi connectivity index (χ1n) is 50.6. The van der Waals surface area contributed by atoms with Crippen LogP contribution in [0, 0.1) is 77.0 Å². The molecule has 0 saturated carbocycles. The Morgan fingerprint density at radius 2 is 0.511 bits per heavy atom. The molecule has 12 N–H and O–H groups in total. The second kappa shape index (κ2) is 47.8. The van der Waals surface area contributed by atoms with Crippen molar-refractivity contribution in [2.24, 2.45) is 35.5 Å². The Balaban J connectivity index is 0.000000139. The molecule has 0 bridgehead atoms. The van der Waals surface area contributed by atoms with Gasteiger partial charge in [0.2, 0.25) is 0 Å². The van der Waals surface area contributed by atoms with Crippen molar-refractivity contribution in [1.29, 1.82) is 0 Å². The van der Waals surface area contributed by atoms with E-state index in [9.17, 15) is 59.4 Å². The van der Waals surface area contributed by atoms with E-state index in [1.807, 2.05) is 151 Å². The topological polar surface area (TPSA) is 338 Å². The van der Waals surface area contributed by atoms with Crippen LogP contribution in [0.15, 0.2) is 174 Å². The molecule has 6 aliphatic heterocycles. The lowest BCUT2D eigenvalue weighted by molar-refractivity contribution is 0.115. The molecule has 0 amide bonds. The third kappa shape index (κ3) is 25.1. The normalized spacial score (nSPS) is 24.3. The maximum atomic E-state index is 12.3. The minimum atomic E-state index is -0.0113. The molecule has 12 aromatic rings. The number of nitrogens with one attached hydrogen (secondary N) is 6. The number of aryl methyl sites for hydroxylation is 6. The fourth-order valence-corrected chi connectivity index (χ4v) is 23.2. The van der Waals surface area contributed by atoms with E-state index in [-0.39, 0.29) is 109 Å². The van der Waals surface area contributed by atoms with Gasteiger partial charge in [0.1, 0.15) is 0 Å². The highest BCUT2D eigenvalue weighted by Crippen LogP contribution is 2.36. The number of rotatable bonds is 25. The van der Waals surface area contributed by atoms with Gasteiger partial charge >= 0.3 is 0 Å². The van der Waals surface area contributed by atoms with Gasteiger partial charge in [0, 0.05) is 218 Å². The van der Waals surface area contributed by atoms with Crippen LogP contribution in [0.1, 0.15) is 182 Å². The average molecular weight is 1870 g/mol. The van der Waals surface area contributed by atoms with Gasteiger partial charge in [-0.25, -0.2) is 0 Å². The molecule has 738 valence electrons. The molecule has 6 unspecified atom stereocenters. The number of aromatic nitrogens is 6. The summed E-state index contributed by atoms with van der Waals surface area (Å²) in [5.74, 6) is 3.52. The van der Waals surface area contributed by atoms with Crippen molar-refractivity contribution in [2.45, 2.75) is 255 Å². The fourth-order valence-electron chi connectivity index (χ4n) is 23.2. The van der Waals surface area contributed by atoms with Gasteiger partial charge < -0.3 is 60.5 Å². The number of aliphatic hydroxyl groups excluding tert-OH is 6. The quantitative estimate of drug-likeness (QED) is 0.0253. The summed E-state index contributed by atoms with van der Waals surface area (Å²) in [5, 5.41) is 68.3. The molecule has 18 rings (SSSR count). The Morgan fingerprint density at radius 1 is 0.270 bits per heavy atom. The van der Waals surface area contributed by atoms with Crippen LogP contribution in [0.25, 0.3) is 64.6 Å². The first-order valence-corrected chi connectivity index (χ1v) is 50.6. The zero-order valence-corrected chi connectivity index (χ0v) is 84.0. The highest BCUT2D eigenvalue weighted by Gasteiger charge is 2.40. The van der Waals surface area contributed by atoms with Crippen molar-refractivity contribution in [3.05, 3.63) is 275 Å². The van der Waals surface area contributed by atoms with Gasteiger partial charge in [0.25, 0.3) is 33.4 Å². The average Bonchev–Trinajstić information content (AvgIpc) is 1.76. The molecule has 6 saturated heterocycles. The SMILES string of the molecule is CCC1CC(C)C(CO)N1CCc1cc2c(C)cccc2c(=O)[nH]1.Cc1cccc2c(=O)[nH]c(CCN3C(C)CC(C)C3CO)cc12.Cc1cccc2c(=O)[nH]c(CCN3C[C@@H](C)C[C@@H]3CO)cc12.Cc1cccc2c(=O)[nH]c(CCN3C[C@H](C)C[C@H]3CO)cc12.Cc1cccc2c(=O)[nH]c(CCN3[C@@H](CO)C[C@H](C)[C@@H]3C)cc12.Cc1cccc2c(=O)[nH]c(CCN3[C@H](CO)C[C@@H](C)[C@H]3C)cc12. The number of likely N-dealkylation sites (tertiary alicyclic amines) is 6. The van der Waals surface area contributed by atoms with Crippen LogP contribution >= 0.6 is 0 Å². The summed E-state index contributed by atoms with van der Waals surface area (Å²) in [7, 11) is 0. The van der Waals surface area contributed by atoms with E-state index in [1.54, 1.807) is 0 Å². The van der Waals surface area contributed by atoms with E-state index in [0.717, 1.165) is 268 Å². The lowest BCUT2D eigenvalue weighted by Crippen LogP contribution is -2.40. The number of H-pyrrole nitrogens is 6. The number of fused-ring (bicyclic) bond motifs is 6. The van der Waals surface area contributed by atoms with Gasteiger partial charge in [-0.3, -0.25) is 58.2 Å². The molecule has 24 heteroatoms. The molecule has 0 radical (unpaired) electrons. The summed E-state index contributed by atoms with van der Waals surface area (Å²) in [6.07, 6.45) is 12.4. The van der Waals surface area contributed by atoms with Gasteiger partial charge in [-0.1, -0.05) is 121 Å². The van der Waals surface area contributed by atoms with Gasteiger partial charge in [-0.15, -0.1) is 0 Å². The number of aliphatic hydroxyl groups is 6. The van der Waals surface area contributed by atoms with Crippen LogP contribution < -0.4 is 33.4 Å². The Morgan fingerprint density at radius 3 is 0.774 bits per heavy atom. The first-order chi connectivity index (χ1) is 65.7. The Labute approximate surface area is 807 Å². The molecule has 0 spiro atoms. The molecule has 12 heterocycles. The summed E-state index contributed by atoms with van der Waals surface area (Å²) in [6.45, 7) is 43.1. The zero-order chi connectivity index (χ0) is 98.3. The number of benzene rings is 6. The van der Waals surface area contributed by atoms with E-state index in [4.69, 9.17) is 0 Å². The molecule has 24 nitrogen and oxygen atoms in total. The molecule has 6 fully saturated rings. The number of aromatic amines is 6. The van der Waals surface area contributed by atoms with E-state index >= 15 is 0 Å². The van der Waals surface area contributed by atoms with Gasteiger partial charge in [0.15, 0.2) is 0 Å². The summed E-state index contributed by atoms with van der Waals surface area (Å²) in [4.78, 5) is 106. The largest absolute Gasteiger partial charge is 0.395 e. The molecule has 137 heavy (non-hydrogen) atoms. The van der Waals surface area contributed by atoms with Crippen LogP contribution in [0.5, 0.6) is 0 Å². The summed E-state index contributed by atoms with van der Waals surface area (Å²) >= 11 is 0. The molecular formula is C113H154N12O12. The van der Waals surface area contributed by atoms with Gasteiger partial charge in [-0.2, -0.15) is 0 Å². The number of hydrogen-bond acceptors (Lipinski definition) is 18. The molecule has 0 aliphatic carbocycles. The Kier molecular flexibility index (Phi) is 36.5. The maximum Gasteiger partial charge on any atom is 0.256 e. The van der Waals surface area contributed by atoms with Crippen molar-refractivity contribution in [1.82, 2.24) is 59.3 Å². The number of hydrogen-bond donors (Lipinski definition) is 12. The minimum absolute atomic E-state index is 0.00765. The monoisotopic (exact) mass is 1870 g/mol. The van der Waals surface area contributed by atoms with Crippen LogP contribution in [-0.4, -0.2) is 242 Å². The predicted molar refractivity (Wildman–Crippen MR) is 558 cm³/mol. The van der Waals surface area contributed by atoms with Crippen molar-refractivity contribution in [3.63, 3.8) is 0 Å². The summed E-state index contributed by atoms with van der Waals surface area (Å²) in [5.41, 5.74) is 12.6. The van der Waals surface area contributed by atoms with E-state index in [0.29, 0.717) is 59.7 Å². The summed E-state index contributed by atoms with van der Waals surface area (Å²) < 4.78 is 0. The van der Waals surface area contributed by atoms with Crippen LogP contribution in [0.3, 0.4) is 0 Å². The molecule has 6 aliphatic rings.